The van der Waals surface area contributed by atoms with E-state index >= 15 is 0 Å². The molecule has 0 saturated carbocycles. The molecule has 6 heteroatoms. The van der Waals surface area contributed by atoms with Crippen molar-refractivity contribution in [1.82, 2.24) is 19.7 Å². The zero-order valence-corrected chi connectivity index (χ0v) is 16.7. The van der Waals surface area contributed by atoms with Crippen LogP contribution in [-0.2, 0) is 6.42 Å². The van der Waals surface area contributed by atoms with Crippen LogP contribution < -0.4 is 10.1 Å². The number of benzene rings is 2. The van der Waals surface area contributed by atoms with Gasteiger partial charge in [0.1, 0.15) is 5.82 Å². The summed E-state index contributed by atoms with van der Waals surface area (Å²) >= 11 is 0. The highest BCUT2D eigenvalue weighted by atomic mass is 16.5. The van der Waals surface area contributed by atoms with Crippen molar-refractivity contribution in [2.24, 2.45) is 0 Å². The second-order valence-electron chi connectivity index (χ2n) is 7.07. The van der Waals surface area contributed by atoms with Crippen molar-refractivity contribution in [2.45, 2.75) is 32.7 Å². The number of hydrogen-bond donors (Lipinski definition) is 1. The molecule has 2 aromatic heterocycles. The average Bonchev–Trinajstić information content (AvgIpc) is 3.18. The van der Waals surface area contributed by atoms with Gasteiger partial charge in [-0.25, -0.2) is 4.68 Å². The van der Waals surface area contributed by atoms with E-state index in [0.29, 0.717) is 12.6 Å². The van der Waals surface area contributed by atoms with Crippen LogP contribution in [0.4, 0.5) is 5.82 Å². The van der Waals surface area contributed by atoms with Gasteiger partial charge in [0.2, 0.25) is 0 Å². The molecule has 0 fully saturated rings. The van der Waals surface area contributed by atoms with E-state index < -0.39 is 0 Å². The molecular formula is C23H25N5O. The Kier molecular flexibility index (Phi) is 5.70. The fraction of sp³-hybridized carbons (Fsp3) is 0.261. The van der Waals surface area contributed by atoms with Gasteiger partial charge in [0.25, 0.3) is 0 Å². The maximum atomic E-state index is 5.76. The van der Waals surface area contributed by atoms with Crippen molar-refractivity contribution < 1.29 is 4.74 Å². The van der Waals surface area contributed by atoms with Crippen LogP contribution in [0.5, 0.6) is 6.01 Å². The fourth-order valence-corrected chi connectivity index (χ4v) is 3.27. The Bertz CT molecular complexity index is 1060. The molecule has 29 heavy (non-hydrogen) atoms. The quantitative estimate of drug-likeness (QED) is 0.477. The Hall–Kier alpha value is -3.41. The molecular weight excluding hydrogens is 362 g/mol. The standard InChI is InChI=1S/C23H25N5O/c1-3-14-29-23-26-21(25-17(2)15-18-10-6-4-7-11-18)20-16-24-28(22(20)27-23)19-12-8-5-9-13-19/h4-13,16-17H,3,14-15H2,1-2H3,(H,25,26,27)/t17-/m0/s1. The molecule has 2 heterocycles. The molecule has 2 aromatic carbocycles. The summed E-state index contributed by atoms with van der Waals surface area (Å²) in [6.45, 7) is 4.78. The Morgan fingerprint density at radius 2 is 1.72 bits per heavy atom. The maximum absolute atomic E-state index is 5.76. The molecule has 0 aliphatic rings. The van der Waals surface area contributed by atoms with E-state index in [1.165, 1.54) is 5.56 Å². The topological polar surface area (TPSA) is 64.9 Å². The summed E-state index contributed by atoms with van der Waals surface area (Å²) in [6, 6.07) is 21.0. The SMILES string of the molecule is CCCOc1nc(N[C@@H](C)Cc2ccccc2)c2cnn(-c3ccccc3)c2n1. The van der Waals surface area contributed by atoms with Crippen molar-refractivity contribution in [1.29, 1.82) is 0 Å². The van der Waals surface area contributed by atoms with E-state index in [0.717, 1.165) is 35.4 Å². The number of rotatable bonds is 8. The molecule has 0 aliphatic carbocycles. The summed E-state index contributed by atoms with van der Waals surface area (Å²) in [5, 5.41) is 8.96. The van der Waals surface area contributed by atoms with Crippen LogP contribution in [0.2, 0.25) is 0 Å². The first kappa shape index (κ1) is 18.9. The summed E-state index contributed by atoms with van der Waals surface area (Å²) in [5.74, 6) is 0.742. The van der Waals surface area contributed by atoms with Crippen LogP contribution in [0.15, 0.2) is 66.9 Å². The molecule has 0 amide bonds. The van der Waals surface area contributed by atoms with Crippen molar-refractivity contribution in [3.8, 4) is 11.7 Å². The van der Waals surface area contributed by atoms with Crippen LogP contribution in [0.25, 0.3) is 16.7 Å². The number of aromatic nitrogens is 4. The largest absolute Gasteiger partial charge is 0.463 e. The molecule has 0 radical (unpaired) electrons. The zero-order chi connectivity index (χ0) is 20.1. The minimum absolute atomic E-state index is 0.189. The minimum Gasteiger partial charge on any atom is -0.463 e. The zero-order valence-electron chi connectivity index (χ0n) is 16.7. The number of nitrogens with zero attached hydrogens (tertiary/aromatic N) is 4. The third-order valence-corrected chi connectivity index (χ3v) is 4.61. The lowest BCUT2D eigenvalue weighted by Crippen LogP contribution is -2.19. The van der Waals surface area contributed by atoms with E-state index in [9.17, 15) is 0 Å². The highest BCUT2D eigenvalue weighted by molar-refractivity contribution is 5.87. The van der Waals surface area contributed by atoms with Crippen molar-refractivity contribution in [3.63, 3.8) is 0 Å². The summed E-state index contributed by atoms with van der Waals surface area (Å²) in [7, 11) is 0. The fourth-order valence-electron chi connectivity index (χ4n) is 3.27. The van der Waals surface area contributed by atoms with Crippen molar-refractivity contribution >= 4 is 16.9 Å². The van der Waals surface area contributed by atoms with Crippen LogP contribution in [0, 0.1) is 0 Å². The van der Waals surface area contributed by atoms with Crippen molar-refractivity contribution in [3.05, 3.63) is 72.4 Å². The van der Waals surface area contributed by atoms with Gasteiger partial charge >= 0.3 is 6.01 Å². The molecule has 4 aromatic rings. The molecule has 4 rings (SSSR count). The number of para-hydroxylation sites is 1. The smallest absolute Gasteiger partial charge is 0.320 e. The molecule has 0 bridgehead atoms. The lowest BCUT2D eigenvalue weighted by Gasteiger charge is -2.16. The van der Waals surface area contributed by atoms with Gasteiger partial charge in [-0.3, -0.25) is 0 Å². The summed E-state index contributed by atoms with van der Waals surface area (Å²) < 4.78 is 7.58. The molecule has 148 valence electrons. The molecule has 0 aliphatic heterocycles. The van der Waals surface area contributed by atoms with Gasteiger partial charge in [0.15, 0.2) is 5.65 Å². The number of ether oxygens (including phenoxy) is 1. The third kappa shape index (κ3) is 4.37. The lowest BCUT2D eigenvalue weighted by atomic mass is 10.1. The number of anilines is 1. The Labute approximate surface area is 170 Å². The number of hydrogen-bond acceptors (Lipinski definition) is 5. The van der Waals surface area contributed by atoms with E-state index in [1.807, 2.05) is 47.3 Å². The van der Waals surface area contributed by atoms with Crippen LogP contribution >= 0.6 is 0 Å². The van der Waals surface area contributed by atoms with Crippen LogP contribution in [0.3, 0.4) is 0 Å². The second-order valence-corrected chi connectivity index (χ2v) is 7.07. The normalized spacial score (nSPS) is 12.1. The van der Waals surface area contributed by atoms with Gasteiger partial charge in [-0.05, 0) is 37.5 Å². The monoisotopic (exact) mass is 387 g/mol. The highest BCUT2D eigenvalue weighted by Gasteiger charge is 2.16. The third-order valence-electron chi connectivity index (χ3n) is 4.61. The first-order chi connectivity index (χ1) is 14.2. The molecule has 1 N–H and O–H groups in total. The van der Waals surface area contributed by atoms with Gasteiger partial charge in [0, 0.05) is 6.04 Å². The average molecular weight is 387 g/mol. The molecule has 1 atom stereocenters. The lowest BCUT2D eigenvalue weighted by molar-refractivity contribution is 0.293. The van der Waals surface area contributed by atoms with Gasteiger partial charge < -0.3 is 10.1 Å². The molecule has 0 unspecified atom stereocenters. The number of nitrogens with one attached hydrogen (secondary N) is 1. The molecule has 0 saturated heterocycles. The van der Waals surface area contributed by atoms with Gasteiger partial charge in [-0.15, -0.1) is 0 Å². The Balaban J connectivity index is 1.69. The molecule has 0 spiro atoms. The van der Waals surface area contributed by atoms with Gasteiger partial charge in [0.05, 0.1) is 23.9 Å². The predicted molar refractivity (Wildman–Crippen MR) is 116 cm³/mol. The predicted octanol–water partition coefficient (Wildman–Crippen LogP) is 4.65. The summed E-state index contributed by atoms with van der Waals surface area (Å²) in [4.78, 5) is 9.26. The van der Waals surface area contributed by atoms with Gasteiger partial charge in [-0.2, -0.15) is 15.1 Å². The summed E-state index contributed by atoms with van der Waals surface area (Å²) in [6.07, 6.45) is 3.60. The van der Waals surface area contributed by atoms with Crippen LogP contribution in [-0.4, -0.2) is 32.4 Å². The van der Waals surface area contributed by atoms with E-state index in [4.69, 9.17) is 4.74 Å². The highest BCUT2D eigenvalue weighted by Crippen LogP contribution is 2.26. The molecule has 6 nitrogen and oxygen atoms in total. The Morgan fingerprint density at radius 3 is 2.45 bits per heavy atom. The number of fused-ring (bicyclic) bond motifs is 1. The minimum atomic E-state index is 0.189. The van der Waals surface area contributed by atoms with E-state index in [1.54, 1.807) is 0 Å². The second kappa shape index (κ2) is 8.73. The van der Waals surface area contributed by atoms with Gasteiger partial charge in [-0.1, -0.05) is 55.5 Å². The van der Waals surface area contributed by atoms with Crippen LogP contribution in [0.1, 0.15) is 25.8 Å². The van der Waals surface area contributed by atoms with Crippen molar-refractivity contribution in [2.75, 3.05) is 11.9 Å². The summed E-state index contributed by atoms with van der Waals surface area (Å²) in [5.41, 5.74) is 2.96. The maximum Gasteiger partial charge on any atom is 0.320 e. The first-order valence-corrected chi connectivity index (χ1v) is 9.99. The Morgan fingerprint density at radius 1 is 1.00 bits per heavy atom. The first-order valence-electron chi connectivity index (χ1n) is 9.99. The van der Waals surface area contributed by atoms with E-state index in [2.05, 4.69) is 58.5 Å². The van der Waals surface area contributed by atoms with E-state index in [-0.39, 0.29) is 6.04 Å².